The van der Waals surface area contributed by atoms with E-state index in [0.29, 0.717) is 5.92 Å². The maximum atomic E-state index is 12.6. The van der Waals surface area contributed by atoms with Crippen LogP contribution in [0.1, 0.15) is 42.7 Å². The molecule has 4 heterocycles. The fourth-order valence-electron chi connectivity index (χ4n) is 4.39. The molecule has 1 aromatic heterocycles. The number of hydrogen-bond acceptors (Lipinski definition) is 5. The molecule has 1 aromatic rings. The van der Waals surface area contributed by atoms with Crippen LogP contribution in [-0.2, 0) is 16.1 Å². The van der Waals surface area contributed by atoms with E-state index < -0.39 is 0 Å². The molecule has 3 aliphatic heterocycles. The van der Waals surface area contributed by atoms with Crippen LogP contribution in [0.5, 0.6) is 0 Å². The minimum atomic E-state index is -0.211. The molecule has 1 amide bonds. The third-order valence-corrected chi connectivity index (χ3v) is 5.89. The fourth-order valence-corrected chi connectivity index (χ4v) is 4.39. The monoisotopic (exact) mass is 333 g/mol. The summed E-state index contributed by atoms with van der Waals surface area (Å²) in [5.74, 6) is 1.66. The van der Waals surface area contributed by atoms with Crippen molar-refractivity contribution in [2.75, 3.05) is 26.2 Å². The number of aryl methyl sites for hydroxylation is 2. The molecule has 3 fully saturated rings. The first-order valence-corrected chi connectivity index (χ1v) is 9.20. The maximum absolute atomic E-state index is 12.6. The molecule has 0 N–H and O–H groups in total. The number of rotatable bonds is 3. The molecule has 6 nitrogen and oxygen atoms in total. The molecular formula is C18H27N3O3. The van der Waals surface area contributed by atoms with E-state index in [1.54, 1.807) is 0 Å². The molecule has 0 bridgehead atoms. The van der Waals surface area contributed by atoms with E-state index in [9.17, 15) is 4.79 Å². The largest absolute Gasteiger partial charge is 0.364 e. The predicted octanol–water partition coefficient (Wildman–Crippen LogP) is 1.89. The highest BCUT2D eigenvalue weighted by atomic mass is 16.5. The molecule has 0 radical (unpaired) electrons. The molecular weight excluding hydrogens is 306 g/mol. The van der Waals surface area contributed by atoms with E-state index in [1.807, 2.05) is 18.7 Å². The summed E-state index contributed by atoms with van der Waals surface area (Å²) in [6.07, 6.45) is 4.26. The van der Waals surface area contributed by atoms with Gasteiger partial charge in [0.2, 0.25) is 0 Å². The second-order valence-electron chi connectivity index (χ2n) is 7.52. The minimum absolute atomic E-state index is 0.191. The number of likely N-dealkylation sites (tertiary alicyclic amines) is 2. The van der Waals surface area contributed by atoms with Crippen molar-refractivity contribution in [3.63, 3.8) is 0 Å². The van der Waals surface area contributed by atoms with Crippen molar-refractivity contribution in [2.45, 2.75) is 58.3 Å². The second-order valence-corrected chi connectivity index (χ2v) is 7.52. The summed E-state index contributed by atoms with van der Waals surface area (Å²) in [6.45, 7) is 8.60. The van der Waals surface area contributed by atoms with E-state index in [-0.39, 0.29) is 18.1 Å². The Bertz CT molecular complexity index is 589. The van der Waals surface area contributed by atoms with Gasteiger partial charge in [-0.25, -0.2) is 0 Å². The van der Waals surface area contributed by atoms with E-state index in [0.717, 1.165) is 69.9 Å². The van der Waals surface area contributed by atoms with Gasteiger partial charge in [-0.2, -0.15) is 0 Å². The van der Waals surface area contributed by atoms with Crippen molar-refractivity contribution in [3.8, 4) is 0 Å². The molecule has 0 spiro atoms. The maximum Gasteiger partial charge on any atom is 0.251 e. The predicted molar refractivity (Wildman–Crippen MR) is 88.5 cm³/mol. The van der Waals surface area contributed by atoms with Crippen LogP contribution in [0, 0.1) is 19.8 Å². The van der Waals surface area contributed by atoms with Crippen molar-refractivity contribution >= 4 is 5.91 Å². The third kappa shape index (κ3) is 2.97. The lowest BCUT2D eigenvalue weighted by Crippen LogP contribution is -2.42. The van der Waals surface area contributed by atoms with Crippen LogP contribution < -0.4 is 0 Å². The zero-order valence-corrected chi connectivity index (χ0v) is 14.7. The van der Waals surface area contributed by atoms with Gasteiger partial charge in [0.05, 0.1) is 11.8 Å². The summed E-state index contributed by atoms with van der Waals surface area (Å²) >= 11 is 0. The van der Waals surface area contributed by atoms with Crippen LogP contribution in [0.2, 0.25) is 0 Å². The van der Waals surface area contributed by atoms with Crippen LogP contribution >= 0.6 is 0 Å². The molecule has 0 aromatic carbocycles. The summed E-state index contributed by atoms with van der Waals surface area (Å²) in [6, 6.07) is 0. The Balaban J connectivity index is 1.36. The highest BCUT2D eigenvalue weighted by molar-refractivity contribution is 5.81. The van der Waals surface area contributed by atoms with Gasteiger partial charge in [-0.15, -0.1) is 0 Å². The third-order valence-electron chi connectivity index (χ3n) is 5.89. The Morgan fingerprint density at radius 1 is 1.25 bits per heavy atom. The van der Waals surface area contributed by atoms with Gasteiger partial charge in [0, 0.05) is 31.7 Å². The number of fused-ring (bicyclic) bond motifs is 1. The van der Waals surface area contributed by atoms with E-state index in [2.05, 4.69) is 10.1 Å². The van der Waals surface area contributed by atoms with Crippen LogP contribution in [0.25, 0.3) is 0 Å². The molecule has 6 heteroatoms. The molecule has 0 saturated carbocycles. The summed E-state index contributed by atoms with van der Waals surface area (Å²) in [4.78, 5) is 17.0. The van der Waals surface area contributed by atoms with Crippen LogP contribution in [0.3, 0.4) is 0 Å². The van der Waals surface area contributed by atoms with Crippen molar-refractivity contribution < 1.29 is 14.1 Å². The van der Waals surface area contributed by atoms with Gasteiger partial charge in [-0.1, -0.05) is 5.16 Å². The lowest BCUT2D eigenvalue weighted by molar-refractivity contribution is -0.142. The number of carbonyl (C=O) groups excluding carboxylic acids is 1. The lowest BCUT2D eigenvalue weighted by Gasteiger charge is -2.33. The summed E-state index contributed by atoms with van der Waals surface area (Å²) < 4.78 is 11.4. The minimum Gasteiger partial charge on any atom is -0.364 e. The molecule has 3 saturated heterocycles. The quantitative estimate of drug-likeness (QED) is 0.845. The van der Waals surface area contributed by atoms with Gasteiger partial charge in [0.25, 0.3) is 5.91 Å². The Hall–Kier alpha value is -1.40. The standard InChI is InChI=1S/C18H27N3O3/c1-12-15(13(2)24-19-12)10-20-8-5-14-9-16(23-17(14)11-20)18(22)21-6-3-4-7-21/h14,16-17H,3-11H2,1-2H3/t14-,16+,17-/m0/s1. The average molecular weight is 333 g/mol. The second kappa shape index (κ2) is 6.48. The van der Waals surface area contributed by atoms with E-state index >= 15 is 0 Å². The Kier molecular flexibility index (Phi) is 4.35. The molecule has 3 atom stereocenters. The number of aromatic nitrogens is 1. The normalized spacial score (nSPS) is 30.8. The van der Waals surface area contributed by atoms with Gasteiger partial charge < -0.3 is 14.2 Å². The topological polar surface area (TPSA) is 58.8 Å². The number of hydrogen-bond donors (Lipinski definition) is 0. The van der Waals surface area contributed by atoms with Gasteiger partial charge >= 0.3 is 0 Å². The lowest BCUT2D eigenvalue weighted by atomic mass is 9.91. The van der Waals surface area contributed by atoms with Crippen molar-refractivity contribution in [2.24, 2.45) is 5.92 Å². The van der Waals surface area contributed by atoms with Crippen molar-refractivity contribution in [3.05, 3.63) is 17.0 Å². The summed E-state index contributed by atoms with van der Waals surface area (Å²) in [7, 11) is 0. The molecule has 24 heavy (non-hydrogen) atoms. The zero-order valence-electron chi connectivity index (χ0n) is 14.7. The van der Waals surface area contributed by atoms with E-state index in [4.69, 9.17) is 9.26 Å². The smallest absolute Gasteiger partial charge is 0.251 e. The van der Waals surface area contributed by atoms with Crippen LogP contribution in [-0.4, -0.2) is 59.3 Å². The highest BCUT2D eigenvalue weighted by Crippen LogP contribution is 2.35. The van der Waals surface area contributed by atoms with Gasteiger partial charge in [0.1, 0.15) is 11.9 Å². The number of ether oxygens (including phenoxy) is 1. The van der Waals surface area contributed by atoms with Gasteiger partial charge in [-0.05, 0) is 52.0 Å². The first-order valence-electron chi connectivity index (χ1n) is 9.20. The van der Waals surface area contributed by atoms with Crippen LogP contribution in [0.4, 0.5) is 0 Å². The summed E-state index contributed by atoms with van der Waals surface area (Å²) in [5.41, 5.74) is 2.17. The molecule has 0 unspecified atom stereocenters. The van der Waals surface area contributed by atoms with Gasteiger partial charge in [-0.3, -0.25) is 9.69 Å². The number of nitrogens with zero attached hydrogens (tertiary/aromatic N) is 3. The van der Waals surface area contributed by atoms with Crippen molar-refractivity contribution in [1.29, 1.82) is 0 Å². The van der Waals surface area contributed by atoms with E-state index in [1.165, 1.54) is 5.56 Å². The molecule has 0 aliphatic carbocycles. The van der Waals surface area contributed by atoms with Crippen LogP contribution in [0.15, 0.2) is 4.52 Å². The number of piperidine rings is 1. The summed E-state index contributed by atoms with van der Waals surface area (Å²) in [5, 5.41) is 4.04. The average Bonchev–Trinajstić information content (AvgIpc) is 3.30. The number of amides is 1. The Morgan fingerprint density at radius 2 is 2.04 bits per heavy atom. The molecule has 4 rings (SSSR count). The fraction of sp³-hybridized carbons (Fsp3) is 0.778. The Morgan fingerprint density at radius 3 is 2.75 bits per heavy atom. The first-order chi connectivity index (χ1) is 11.6. The SMILES string of the molecule is Cc1noc(C)c1CN1CC[C@H]2C[C@H](C(=O)N3CCCC3)O[C@H]2C1. The zero-order chi connectivity index (χ0) is 16.7. The molecule has 132 valence electrons. The Labute approximate surface area is 143 Å². The van der Waals surface area contributed by atoms with Crippen molar-refractivity contribution in [1.82, 2.24) is 15.0 Å². The first kappa shape index (κ1) is 16.1. The molecule has 3 aliphatic rings. The highest BCUT2D eigenvalue weighted by Gasteiger charge is 2.43. The van der Waals surface area contributed by atoms with Gasteiger partial charge in [0.15, 0.2) is 0 Å². The number of carbonyl (C=O) groups is 1.